The van der Waals surface area contributed by atoms with E-state index in [1.54, 1.807) is 24.4 Å². The van der Waals surface area contributed by atoms with Crippen LogP contribution in [0.3, 0.4) is 0 Å². The quantitative estimate of drug-likeness (QED) is 0.854. The van der Waals surface area contributed by atoms with Crippen LogP contribution in [0.4, 0.5) is 5.13 Å². The van der Waals surface area contributed by atoms with Crippen molar-refractivity contribution in [2.45, 2.75) is 13.3 Å². The highest BCUT2D eigenvalue weighted by Crippen LogP contribution is 2.20. The van der Waals surface area contributed by atoms with Crippen LogP contribution >= 0.6 is 22.9 Å². The predicted molar refractivity (Wildman–Crippen MR) is 84.8 cm³/mol. The van der Waals surface area contributed by atoms with Gasteiger partial charge in [-0.2, -0.15) is 0 Å². The van der Waals surface area contributed by atoms with Crippen molar-refractivity contribution in [2.75, 3.05) is 11.9 Å². The molecule has 0 atom stereocenters. The van der Waals surface area contributed by atoms with E-state index in [4.69, 9.17) is 16.7 Å². The van der Waals surface area contributed by atoms with Crippen LogP contribution < -0.4 is 5.32 Å². The van der Waals surface area contributed by atoms with E-state index in [0.717, 1.165) is 4.88 Å². The number of aliphatic hydroxyl groups is 1. The summed E-state index contributed by atoms with van der Waals surface area (Å²) in [5.74, 6) is 5.38. The molecule has 2 aromatic rings. The Labute approximate surface area is 131 Å². The fourth-order valence-electron chi connectivity index (χ4n) is 1.55. The van der Waals surface area contributed by atoms with Gasteiger partial charge in [0.05, 0.1) is 11.6 Å². The van der Waals surface area contributed by atoms with E-state index in [9.17, 15) is 4.79 Å². The van der Waals surface area contributed by atoms with Crippen molar-refractivity contribution < 1.29 is 9.90 Å². The molecule has 0 fully saturated rings. The van der Waals surface area contributed by atoms with Gasteiger partial charge in [0.1, 0.15) is 0 Å². The van der Waals surface area contributed by atoms with Gasteiger partial charge in [-0.25, -0.2) is 4.98 Å². The summed E-state index contributed by atoms with van der Waals surface area (Å²) >= 11 is 7.51. The van der Waals surface area contributed by atoms with Gasteiger partial charge in [-0.05, 0) is 25.1 Å². The second-order valence-electron chi connectivity index (χ2n) is 4.20. The van der Waals surface area contributed by atoms with Gasteiger partial charge in [0, 0.05) is 28.6 Å². The van der Waals surface area contributed by atoms with Crippen LogP contribution in [0.25, 0.3) is 0 Å². The summed E-state index contributed by atoms with van der Waals surface area (Å²) in [4.78, 5) is 17.2. The zero-order valence-corrected chi connectivity index (χ0v) is 12.9. The number of hydrogen-bond donors (Lipinski definition) is 2. The molecule has 4 nitrogen and oxygen atoms in total. The number of aromatic nitrogens is 1. The average Bonchev–Trinajstić information content (AvgIpc) is 2.86. The number of carbonyl (C=O) groups excluding carboxylic acids is 1. The second-order valence-corrected chi connectivity index (χ2v) is 5.84. The highest BCUT2D eigenvalue weighted by atomic mass is 35.5. The van der Waals surface area contributed by atoms with Gasteiger partial charge in [-0.3, -0.25) is 10.1 Å². The topological polar surface area (TPSA) is 62.2 Å². The summed E-state index contributed by atoms with van der Waals surface area (Å²) in [5.41, 5.74) is 1.08. The number of anilines is 1. The first-order valence-corrected chi connectivity index (χ1v) is 7.42. The van der Waals surface area contributed by atoms with E-state index in [2.05, 4.69) is 22.1 Å². The molecule has 6 heteroatoms. The lowest BCUT2D eigenvalue weighted by atomic mass is 10.1. The van der Waals surface area contributed by atoms with Crippen molar-refractivity contribution in [3.63, 3.8) is 0 Å². The maximum Gasteiger partial charge on any atom is 0.257 e. The largest absolute Gasteiger partial charge is 0.395 e. The van der Waals surface area contributed by atoms with Crippen LogP contribution in [0.2, 0.25) is 5.02 Å². The van der Waals surface area contributed by atoms with Gasteiger partial charge in [-0.15, -0.1) is 11.3 Å². The summed E-state index contributed by atoms with van der Waals surface area (Å²) in [6, 6.07) is 4.92. The molecule has 108 valence electrons. The summed E-state index contributed by atoms with van der Waals surface area (Å²) in [6.07, 6.45) is 2.09. The average molecular weight is 321 g/mol. The Kier molecular flexibility index (Phi) is 5.34. The number of aliphatic hydroxyl groups excluding tert-OH is 1. The Hall–Kier alpha value is -1.87. The molecule has 1 aromatic carbocycles. The maximum atomic E-state index is 12.1. The molecule has 0 aliphatic carbocycles. The molecule has 0 aliphatic heterocycles. The number of thiazole rings is 1. The first-order chi connectivity index (χ1) is 10.1. The standard InChI is InChI=1S/C15H13ClN2O2S/c1-10-9-17-15(21-10)18-14(20)12-6-5-11(13(16)8-12)4-2-3-7-19/h5-6,8-9,19H,3,7H2,1H3,(H,17,18,20). The van der Waals surface area contributed by atoms with Crippen LogP contribution in [-0.4, -0.2) is 22.6 Å². The first-order valence-electron chi connectivity index (χ1n) is 6.23. The number of aryl methyl sites for hydroxylation is 1. The number of carbonyl (C=O) groups is 1. The highest BCUT2D eigenvalue weighted by Gasteiger charge is 2.10. The van der Waals surface area contributed by atoms with Crippen LogP contribution in [0.1, 0.15) is 27.2 Å². The number of benzene rings is 1. The minimum Gasteiger partial charge on any atom is -0.395 e. The molecule has 1 heterocycles. The lowest BCUT2D eigenvalue weighted by molar-refractivity contribution is 0.102. The van der Waals surface area contributed by atoms with Crippen LogP contribution in [0.5, 0.6) is 0 Å². The molecule has 2 N–H and O–H groups in total. The third-order valence-electron chi connectivity index (χ3n) is 2.53. The Balaban J connectivity index is 2.12. The number of hydrogen-bond acceptors (Lipinski definition) is 4. The van der Waals surface area contributed by atoms with Gasteiger partial charge in [0.25, 0.3) is 5.91 Å². The summed E-state index contributed by atoms with van der Waals surface area (Å²) in [7, 11) is 0. The zero-order valence-electron chi connectivity index (χ0n) is 11.3. The van der Waals surface area contributed by atoms with Crippen molar-refractivity contribution in [1.29, 1.82) is 0 Å². The van der Waals surface area contributed by atoms with E-state index in [1.807, 2.05) is 6.92 Å². The highest BCUT2D eigenvalue weighted by molar-refractivity contribution is 7.15. The van der Waals surface area contributed by atoms with Crippen LogP contribution in [0.15, 0.2) is 24.4 Å². The first kappa shape index (κ1) is 15.5. The lowest BCUT2D eigenvalue weighted by Crippen LogP contribution is -2.11. The molecule has 0 bridgehead atoms. The zero-order chi connectivity index (χ0) is 15.2. The molecule has 0 saturated heterocycles. The van der Waals surface area contributed by atoms with Crippen molar-refractivity contribution >= 4 is 34.0 Å². The molecule has 21 heavy (non-hydrogen) atoms. The minimum absolute atomic E-state index is 0.0122. The van der Waals surface area contributed by atoms with Crippen LogP contribution in [-0.2, 0) is 0 Å². The fraction of sp³-hybridized carbons (Fsp3) is 0.200. The number of halogens is 1. The van der Waals surface area contributed by atoms with Crippen molar-refractivity contribution in [1.82, 2.24) is 4.98 Å². The number of amides is 1. The molecule has 0 aliphatic rings. The van der Waals surface area contributed by atoms with Gasteiger partial charge in [0.15, 0.2) is 5.13 Å². The third-order valence-corrected chi connectivity index (χ3v) is 3.67. The minimum atomic E-state index is -0.263. The molecule has 1 amide bonds. The van der Waals surface area contributed by atoms with E-state index < -0.39 is 0 Å². The Morgan fingerprint density at radius 1 is 1.52 bits per heavy atom. The smallest absolute Gasteiger partial charge is 0.257 e. The van der Waals surface area contributed by atoms with E-state index in [1.165, 1.54) is 11.3 Å². The maximum absolute atomic E-state index is 12.1. The molecular formula is C15H13ClN2O2S. The molecular weight excluding hydrogens is 308 g/mol. The SMILES string of the molecule is Cc1cnc(NC(=O)c2ccc(C#CCCO)c(Cl)c2)s1. The predicted octanol–water partition coefficient (Wildman–Crippen LogP) is 3.09. The molecule has 0 unspecified atom stereocenters. The fourth-order valence-corrected chi connectivity index (χ4v) is 2.44. The van der Waals surface area contributed by atoms with E-state index >= 15 is 0 Å². The van der Waals surface area contributed by atoms with Gasteiger partial charge < -0.3 is 5.11 Å². The molecule has 1 aromatic heterocycles. The third kappa shape index (κ3) is 4.30. The van der Waals surface area contributed by atoms with Crippen molar-refractivity contribution in [3.8, 4) is 11.8 Å². The lowest BCUT2D eigenvalue weighted by Gasteiger charge is -2.03. The van der Waals surface area contributed by atoms with Gasteiger partial charge in [0.2, 0.25) is 0 Å². The van der Waals surface area contributed by atoms with Crippen molar-refractivity contribution in [3.05, 3.63) is 45.4 Å². The van der Waals surface area contributed by atoms with Gasteiger partial charge in [-0.1, -0.05) is 23.4 Å². The normalized spacial score (nSPS) is 9.86. The number of rotatable bonds is 3. The Bertz CT molecular complexity index is 716. The summed E-state index contributed by atoms with van der Waals surface area (Å²) in [6.45, 7) is 1.93. The molecule has 0 spiro atoms. The Morgan fingerprint density at radius 2 is 2.33 bits per heavy atom. The number of nitrogens with zero attached hydrogens (tertiary/aromatic N) is 1. The summed E-state index contributed by atoms with van der Waals surface area (Å²) < 4.78 is 0. The molecule has 2 rings (SSSR count). The molecule has 0 saturated carbocycles. The number of nitrogens with one attached hydrogen (secondary N) is 1. The monoisotopic (exact) mass is 320 g/mol. The van der Waals surface area contributed by atoms with Crippen LogP contribution in [0, 0.1) is 18.8 Å². The van der Waals surface area contributed by atoms with E-state index in [-0.39, 0.29) is 12.5 Å². The second kappa shape index (κ2) is 7.23. The van der Waals surface area contributed by atoms with E-state index in [0.29, 0.717) is 27.7 Å². The Morgan fingerprint density at radius 3 is 2.95 bits per heavy atom. The van der Waals surface area contributed by atoms with Gasteiger partial charge >= 0.3 is 0 Å². The summed E-state index contributed by atoms with van der Waals surface area (Å²) in [5, 5.41) is 12.4. The van der Waals surface area contributed by atoms with Crippen molar-refractivity contribution in [2.24, 2.45) is 0 Å². The molecule has 0 radical (unpaired) electrons.